The minimum absolute atomic E-state index is 0. The van der Waals surface area contributed by atoms with Crippen LogP contribution in [0.4, 0.5) is 0 Å². The molecule has 1 saturated heterocycles. The molecule has 1 heterocycles. The van der Waals surface area contributed by atoms with Crippen molar-refractivity contribution < 1.29 is 4.74 Å². The van der Waals surface area contributed by atoms with E-state index in [9.17, 15) is 0 Å². The van der Waals surface area contributed by atoms with Gasteiger partial charge in [-0.2, -0.15) is 0 Å². The largest absolute Gasteiger partial charge is 0.492 e. The molecule has 20 heavy (non-hydrogen) atoms. The molecule has 1 aromatic rings. The molecule has 0 bridgehead atoms. The van der Waals surface area contributed by atoms with E-state index in [-0.39, 0.29) is 24.0 Å². The first-order valence-electron chi connectivity index (χ1n) is 6.69. The summed E-state index contributed by atoms with van der Waals surface area (Å²) >= 11 is 3.39. The summed E-state index contributed by atoms with van der Waals surface area (Å²) in [5.41, 5.74) is 5.96. The summed E-state index contributed by atoms with van der Waals surface area (Å²) in [5, 5.41) is 0. The molecular formula is C14H21BrIN3O. The zero-order chi connectivity index (χ0) is 13.5. The number of nitrogens with zero attached hydrogens (tertiary/aromatic N) is 2. The third kappa shape index (κ3) is 5.87. The molecule has 0 atom stereocenters. The van der Waals surface area contributed by atoms with Gasteiger partial charge in [-0.05, 0) is 43.5 Å². The predicted molar refractivity (Wildman–Crippen MR) is 97.0 cm³/mol. The van der Waals surface area contributed by atoms with Gasteiger partial charge in [0.15, 0.2) is 5.96 Å². The minimum Gasteiger partial charge on any atom is -0.492 e. The monoisotopic (exact) mass is 453 g/mol. The van der Waals surface area contributed by atoms with E-state index in [4.69, 9.17) is 10.5 Å². The highest BCUT2D eigenvalue weighted by molar-refractivity contribution is 14.0. The highest BCUT2D eigenvalue weighted by atomic mass is 127. The van der Waals surface area contributed by atoms with Gasteiger partial charge in [-0.1, -0.05) is 15.9 Å². The average Bonchev–Trinajstić information content (AvgIpc) is 2.46. The van der Waals surface area contributed by atoms with E-state index in [0.717, 1.165) is 23.3 Å². The summed E-state index contributed by atoms with van der Waals surface area (Å²) < 4.78 is 6.65. The first-order chi connectivity index (χ1) is 9.25. The Morgan fingerprint density at radius 1 is 1.20 bits per heavy atom. The van der Waals surface area contributed by atoms with Gasteiger partial charge in [-0.3, -0.25) is 0 Å². The fraction of sp³-hybridized carbons (Fsp3) is 0.500. The van der Waals surface area contributed by atoms with Crippen molar-refractivity contribution in [3.05, 3.63) is 28.7 Å². The molecule has 1 aliphatic rings. The first-order valence-corrected chi connectivity index (χ1v) is 7.48. The number of aliphatic imine (C=N–C) groups is 1. The van der Waals surface area contributed by atoms with Crippen molar-refractivity contribution in [1.29, 1.82) is 0 Å². The zero-order valence-electron chi connectivity index (χ0n) is 11.4. The van der Waals surface area contributed by atoms with E-state index in [1.54, 1.807) is 0 Å². The van der Waals surface area contributed by atoms with Gasteiger partial charge in [-0.15, -0.1) is 24.0 Å². The molecule has 0 unspecified atom stereocenters. The Hall–Kier alpha value is -0.500. The van der Waals surface area contributed by atoms with Crippen LogP contribution in [0.5, 0.6) is 5.75 Å². The van der Waals surface area contributed by atoms with Crippen molar-refractivity contribution in [2.45, 2.75) is 19.3 Å². The molecule has 2 rings (SSSR count). The SMILES string of the molecule is I.NC(=NCCOc1ccc(Br)cc1)N1CCCCC1. The molecule has 6 heteroatoms. The number of hydrogen-bond acceptors (Lipinski definition) is 2. The van der Waals surface area contributed by atoms with Crippen molar-refractivity contribution in [2.24, 2.45) is 10.7 Å². The molecular weight excluding hydrogens is 433 g/mol. The molecule has 0 saturated carbocycles. The Balaban J connectivity index is 0.00000200. The van der Waals surface area contributed by atoms with E-state index in [1.165, 1.54) is 19.3 Å². The van der Waals surface area contributed by atoms with Gasteiger partial charge in [0.1, 0.15) is 12.4 Å². The summed E-state index contributed by atoms with van der Waals surface area (Å²) in [7, 11) is 0. The van der Waals surface area contributed by atoms with E-state index in [1.807, 2.05) is 24.3 Å². The van der Waals surface area contributed by atoms with Crippen LogP contribution in [0.3, 0.4) is 0 Å². The number of halogens is 2. The first kappa shape index (κ1) is 17.6. The van der Waals surface area contributed by atoms with Crippen molar-refractivity contribution in [1.82, 2.24) is 4.90 Å². The number of ether oxygens (including phenoxy) is 1. The quantitative estimate of drug-likeness (QED) is 0.329. The van der Waals surface area contributed by atoms with Crippen LogP contribution in [0.1, 0.15) is 19.3 Å². The molecule has 0 aliphatic carbocycles. The van der Waals surface area contributed by atoms with E-state index < -0.39 is 0 Å². The highest BCUT2D eigenvalue weighted by Gasteiger charge is 2.11. The smallest absolute Gasteiger partial charge is 0.191 e. The molecule has 0 spiro atoms. The molecule has 4 nitrogen and oxygen atoms in total. The maximum absolute atomic E-state index is 5.96. The lowest BCUT2D eigenvalue weighted by Gasteiger charge is -2.27. The predicted octanol–water partition coefficient (Wildman–Crippen LogP) is 3.25. The van der Waals surface area contributed by atoms with Crippen molar-refractivity contribution >= 4 is 45.9 Å². The number of hydrogen-bond donors (Lipinski definition) is 1. The Morgan fingerprint density at radius 2 is 1.85 bits per heavy atom. The fourth-order valence-electron chi connectivity index (χ4n) is 2.08. The van der Waals surface area contributed by atoms with Crippen LogP contribution in [0.25, 0.3) is 0 Å². The standard InChI is InChI=1S/C14H20BrN3O.HI/c15-12-4-6-13(7-5-12)19-11-8-17-14(16)18-9-2-1-3-10-18;/h4-7H,1-3,8-11H2,(H2,16,17);1H. The maximum atomic E-state index is 5.96. The third-order valence-electron chi connectivity index (χ3n) is 3.13. The van der Waals surface area contributed by atoms with Gasteiger partial charge in [-0.25, -0.2) is 4.99 Å². The molecule has 1 aromatic carbocycles. The number of likely N-dealkylation sites (tertiary alicyclic amines) is 1. The van der Waals surface area contributed by atoms with Crippen LogP contribution in [-0.4, -0.2) is 37.1 Å². The molecule has 0 amide bonds. The van der Waals surface area contributed by atoms with Crippen LogP contribution < -0.4 is 10.5 Å². The van der Waals surface area contributed by atoms with E-state index in [0.29, 0.717) is 19.1 Å². The number of rotatable bonds is 4. The van der Waals surface area contributed by atoms with Crippen molar-refractivity contribution in [3.8, 4) is 5.75 Å². The summed E-state index contributed by atoms with van der Waals surface area (Å²) in [5.74, 6) is 1.51. The van der Waals surface area contributed by atoms with Gasteiger partial charge in [0.25, 0.3) is 0 Å². The van der Waals surface area contributed by atoms with Crippen LogP contribution in [0.2, 0.25) is 0 Å². The summed E-state index contributed by atoms with van der Waals surface area (Å²) in [6, 6.07) is 7.78. The fourth-order valence-corrected chi connectivity index (χ4v) is 2.34. The average molecular weight is 454 g/mol. The number of benzene rings is 1. The molecule has 1 aliphatic heterocycles. The Morgan fingerprint density at radius 3 is 2.50 bits per heavy atom. The number of piperidine rings is 1. The van der Waals surface area contributed by atoms with Gasteiger partial charge >= 0.3 is 0 Å². The third-order valence-corrected chi connectivity index (χ3v) is 3.66. The molecule has 0 aromatic heterocycles. The lowest BCUT2D eigenvalue weighted by Crippen LogP contribution is -2.41. The number of nitrogens with two attached hydrogens (primary N) is 1. The van der Waals surface area contributed by atoms with Crippen molar-refractivity contribution in [3.63, 3.8) is 0 Å². The van der Waals surface area contributed by atoms with Crippen molar-refractivity contribution in [2.75, 3.05) is 26.2 Å². The van der Waals surface area contributed by atoms with Gasteiger partial charge in [0, 0.05) is 17.6 Å². The van der Waals surface area contributed by atoms with E-state index in [2.05, 4.69) is 25.8 Å². The second-order valence-corrected chi connectivity index (χ2v) is 5.51. The van der Waals surface area contributed by atoms with Gasteiger partial charge in [0.05, 0.1) is 6.54 Å². The van der Waals surface area contributed by atoms with E-state index >= 15 is 0 Å². The van der Waals surface area contributed by atoms with Crippen LogP contribution >= 0.6 is 39.9 Å². The van der Waals surface area contributed by atoms with Crippen LogP contribution in [0, 0.1) is 0 Å². The van der Waals surface area contributed by atoms with Crippen LogP contribution in [-0.2, 0) is 0 Å². The molecule has 1 fully saturated rings. The highest BCUT2D eigenvalue weighted by Crippen LogP contribution is 2.15. The molecule has 2 N–H and O–H groups in total. The van der Waals surface area contributed by atoms with Gasteiger partial charge < -0.3 is 15.4 Å². The Kier molecular flexibility index (Phi) is 8.28. The van der Waals surface area contributed by atoms with Crippen LogP contribution in [0.15, 0.2) is 33.7 Å². The Bertz CT molecular complexity index is 419. The topological polar surface area (TPSA) is 50.9 Å². The Labute approximate surface area is 145 Å². The molecule has 112 valence electrons. The lowest BCUT2D eigenvalue weighted by atomic mass is 10.1. The summed E-state index contributed by atoms with van der Waals surface area (Å²) in [6.07, 6.45) is 3.73. The van der Waals surface area contributed by atoms with Gasteiger partial charge in [0.2, 0.25) is 0 Å². The molecule has 0 radical (unpaired) electrons. The lowest BCUT2D eigenvalue weighted by molar-refractivity contribution is 0.321. The summed E-state index contributed by atoms with van der Waals surface area (Å²) in [6.45, 7) is 3.21. The minimum atomic E-state index is 0. The normalized spacial score (nSPS) is 15.7. The second-order valence-electron chi connectivity index (χ2n) is 4.59. The maximum Gasteiger partial charge on any atom is 0.191 e. The number of guanidine groups is 1. The zero-order valence-corrected chi connectivity index (χ0v) is 15.3. The summed E-state index contributed by atoms with van der Waals surface area (Å²) in [4.78, 5) is 6.52. The second kappa shape index (κ2) is 9.44.